The third kappa shape index (κ3) is 2.58. The Labute approximate surface area is 117 Å². The van der Waals surface area contributed by atoms with E-state index in [4.69, 9.17) is 5.73 Å². The monoisotopic (exact) mass is 258 g/mol. The molecule has 0 radical (unpaired) electrons. The van der Waals surface area contributed by atoms with Crippen LogP contribution in [0.4, 0.5) is 11.4 Å². The molecular formula is C17H26N2. The second-order valence-corrected chi connectivity index (χ2v) is 6.76. The molecule has 1 aliphatic heterocycles. The summed E-state index contributed by atoms with van der Waals surface area (Å²) in [5.74, 6) is 1.74. The van der Waals surface area contributed by atoms with Crippen molar-refractivity contribution in [1.82, 2.24) is 0 Å². The molecule has 1 fully saturated rings. The Morgan fingerprint density at radius 1 is 1.11 bits per heavy atom. The summed E-state index contributed by atoms with van der Waals surface area (Å²) in [4.78, 5) is 2.67. The molecule has 2 unspecified atom stereocenters. The zero-order valence-electron chi connectivity index (χ0n) is 12.2. The summed E-state index contributed by atoms with van der Waals surface area (Å²) < 4.78 is 0. The first-order valence-electron chi connectivity index (χ1n) is 7.78. The molecule has 2 nitrogen and oxygen atoms in total. The van der Waals surface area contributed by atoms with E-state index in [2.05, 4.69) is 36.9 Å². The lowest BCUT2D eigenvalue weighted by molar-refractivity contribution is 0.258. The molecule has 104 valence electrons. The van der Waals surface area contributed by atoms with Gasteiger partial charge < -0.3 is 10.6 Å². The van der Waals surface area contributed by atoms with Crippen molar-refractivity contribution in [3.63, 3.8) is 0 Å². The molecule has 3 rings (SSSR count). The van der Waals surface area contributed by atoms with Crippen LogP contribution in [0.1, 0.15) is 45.1 Å². The van der Waals surface area contributed by atoms with Gasteiger partial charge in [0.1, 0.15) is 0 Å². The maximum Gasteiger partial charge on any atom is 0.0402 e. The summed E-state index contributed by atoms with van der Waals surface area (Å²) in [6, 6.07) is 7.22. The molecular weight excluding hydrogens is 232 g/mol. The van der Waals surface area contributed by atoms with Gasteiger partial charge in [-0.1, -0.05) is 13.8 Å². The van der Waals surface area contributed by atoms with Gasteiger partial charge in [0, 0.05) is 24.0 Å². The fourth-order valence-electron chi connectivity index (χ4n) is 4.18. The van der Waals surface area contributed by atoms with Gasteiger partial charge in [0.05, 0.1) is 0 Å². The van der Waals surface area contributed by atoms with Gasteiger partial charge in [-0.15, -0.1) is 0 Å². The highest BCUT2D eigenvalue weighted by Crippen LogP contribution is 2.37. The summed E-state index contributed by atoms with van der Waals surface area (Å²) in [6.07, 6.45) is 6.58. The lowest BCUT2D eigenvalue weighted by Gasteiger charge is -2.43. The molecule has 2 heteroatoms. The van der Waals surface area contributed by atoms with E-state index in [0.29, 0.717) is 0 Å². The van der Waals surface area contributed by atoms with E-state index in [-0.39, 0.29) is 0 Å². The molecule has 0 spiro atoms. The van der Waals surface area contributed by atoms with E-state index in [9.17, 15) is 0 Å². The number of rotatable bonds is 1. The molecule has 1 aliphatic carbocycles. The molecule has 0 bridgehead atoms. The fraction of sp³-hybridized carbons (Fsp3) is 0.647. The Kier molecular flexibility index (Phi) is 3.42. The molecule has 1 aromatic rings. The van der Waals surface area contributed by atoms with Crippen LogP contribution in [0, 0.1) is 11.8 Å². The molecule has 0 saturated heterocycles. The minimum absolute atomic E-state index is 0.737. The van der Waals surface area contributed by atoms with E-state index in [1.807, 2.05) is 0 Å². The third-order valence-corrected chi connectivity index (χ3v) is 4.85. The molecule has 2 atom stereocenters. The minimum atomic E-state index is 0.737. The molecule has 2 N–H and O–H groups in total. The fourth-order valence-corrected chi connectivity index (χ4v) is 4.18. The number of hydrogen-bond acceptors (Lipinski definition) is 2. The van der Waals surface area contributed by atoms with Crippen molar-refractivity contribution in [2.75, 3.05) is 17.2 Å². The molecule has 0 amide bonds. The highest BCUT2D eigenvalue weighted by Gasteiger charge is 2.30. The van der Waals surface area contributed by atoms with Crippen molar-refractivity contribution in [2.24, 2.45) is 11.8 Å². The van der Waals surface area contributed by atoms with Crippen LogP contribution in [-0.4, -0.2) is 12.6 Å². The number of fused-ring (bicyclic) bond motifs is 1. The van der Waals surface area contributed by atoms with Gasteiger partial charge in [-0.3, -0.25) is 0 Å². The normalized spacial score (nSPS) is 31.1. The van der Waals surface area contributed by atoms with Gasteiger partial charge in [-0.05, 0) is 67.7 Å². The van der Waals surface area contributed by atoms with E-state index in [1.165, 1.54) is 49.9 Å². The van der Waals surface area contributed by atoms with Crippen LogP contribution in [0.25, 0.3) is 0 Å². The minimum Gasteiger partial charge on any atom is -0.399 e. The van der Waals surface area contributed by atoms with Crippen LogP contribution in [-0.2, 0) is 6.42 Å². The highest BCUT2D eigenvalue weighted by molar-refractivity contribution is 5.61. The van der Waals surface area contributed by atoms with E-state index in [1.54, 1.807) is 0 Å². The van der Waals surface area contributed by atoms with Gasteiger partial charge in [-0.25, -0.2) is 0 Å². The highest BCUT2D eigenvalue weighted by atomic mass is 15.2. The Balaban J connectivity index is 1.86. The Morgan fingerprint density at radius 2 is 1.84 bits per heavy atom. The average molecular weight is 258 g/mol. The Bertz CT molecular complexity index is 445. The van der Waals surface area contributed by atoms with E-state index >= 15 is 0 Å². The van der Waals surface area contributed by atoms with Gasteiger partial charge >= 0.3 is 0 Å². The van der Waals surface area contributed by atoms with Crippen molar-refractivity contribution >= 4 is 11.4 Å². The second kappa shape index (κ2) is 5.07. The predicted molar refractivity (Wildman–Crippen MR) is 82.5 cm³/mol. The summed E-state index contributed by atoms with van der Waals surface area (Å²) in [6.45, 7) is 6.05. The lowest BCUT2D eigenvalue weighted by atomic mass is 9.79. The first-order chi connectivity index (χ1) is 9.13. The summed E-state index contributed by atoms with van der Waals surface area (Å²) in [5.41, 5.74) is 9.75. The maximum atomic E-state index is 5.93. The van der Waals surface area contributed by atoms with Gasteiger partial charge in [0.2, 0.25) is 0 Å². The predicted octanol–water partition coefficient (Wildman–Crippen LogP) is 3.85. The number of hydrogen-bond donors (Lipinski definition) is 1. The van der Waals surface area contributed by atoms with Crippen molar-refractivity contribution < 1.29 is 0 Å². The third-order valence-electron chi connectivity index (χ3n) is 4.85. The smallest absolute Gasteiger partial charge is 0.0402 e. The quantitative estimate of drug-likeness (QED) is 0.775. The molecule has 0 aromatic heterocycles. The van der Waals surface area contributed by atoms with Gasteiger partial charge in [0.25, 0.3) is 0 Å². The first kappa shape index (κ1) is 12.8. The molecule has 1 heterocycles. The maximum absolute atomic E-state index is 5.93. The molecule has 19 heavy (non-hydrogen) atoms. The summed E-state index contributed by atoms with van der Waals surface area (Å²) in [7, 11) is 0. The van der Waals surface area contributed by atoms with Crippen LogP contribution in [0.5, 0.6) is 0 Å². The number of aryl methyl sites for hydroxylation is 1. The van der Waals surface area contributed by atoms with Crippen LogP contribution < -0.4 is 10.6 Å². The number of anilines is 2. The summed E-state index contributed by atoms with van der Waals surface area (Å²) in [5, 5.41) is 0. The zero-order chi connectivity index (χ0) is 13.4. The van der Waals surface area contributed by atoms with Gasteiger partial charge in [-0.2, -0.15) is 0 Å². The van der Waals surface area contributed by atoms with Crippen LogP contribution >= 0.6 is 0 Å². The number of nitrogens with two attached hydrogens (primary N) is 1. The van der Waals surface area contributed by atoms with E-state index < -0.39 is 0 Å². The van der Waals surface area contributed by atoms with Crippen molar-refractivity contribution in [2.45, 2.75) is 52.0 Å². The SMILES string of the molecule is CC1CC(C)CC(N2CCCc3cc(N)ccc32)C1. The zero-order valence-corrected chi connectivity index (χ0v) is 12.2. The van der Waals surface area contributed by atoms with Gasteiger partial charge in [0.15, 0.2) is 0 Å². The second-order valence-electron chi connectivity index (χ2n) is 6.76. The van der Waals surface area contributed by atoms with Crippen molar-refractivity contribution in [3.8, 4) is 0 Å². The van der Waals surface area contributed by atoms with Crippen LogP contribution in [0.2, 0.25) is 0 Å². The Morgan fingerprint density at radius 3 is 2.58 bits per heavy atom. The first-order valence-corrected chi connectivity index (χ1v) is 7.78. The molecule has 2 aliphatic rings. The standard InChI is InChI=1S/C17H26N2/c1-12-8-13(2)10-16(9-12)19-7-3-4-14-11-15(18)5-6-17(14)19/h5-6,11-13,16H,3-4,7-10,18H2,1-2H3. The molecule has 1 saturated carbocycles. The van der Waals surface area contributed by atoms with Crippen molar-refractivity contribution in [3.05, 3.63) is 23.8 Å². The van der Waals surface area contributed by atoms with Crippen LogP contribution in [0.3, 0.4) is 0 Å². The van der Waals surface area contributed by atoms with Crippen LogP contribution in [0.15, 0.2) is 18.2 Å². The summed E-state index contributed by atoms with van der Waals surface area (Å²) >= 11 is 0. The average Bonchev–Trinajstić information content (AvgIpc) is 2.36. The number of benzene rings is 1. The lowest BCUT2D eigenvalue weighted by Crippen LogP contribution is -2.43. The van der Waals surface area contributed by atoms with E-state index in [0.717, 1.165) is 23.6 Å². The topological polar surface area (TPSA) is 29.3 Å². The molecule has 1 aromatic carbocycles. The number of nitrogens with zero attached hydrogens (tertiary/aromatic N) is 1. The van der Waals surface area contributed by atoms with Crippen molar-refractivity contribution in [1.29, 1.82) is 0 Å². The largest absolute Gasteiger partial charge is 0.399 e. The Hall–Kier alpha value is -1.18. The number of nitrogen functional groups attached to an aromatic ring is 1.